The molecule has 0 saturated heterocycles. The van der Waals surface area contributed by atoms with E-state index in [4.69, 9.17) is 11.5 Å². The Morgan fingerprint density at radius 3 is 1.77 bits per heavy atom. The average Bonchev–Trinajstić information content (AvgIpc) is 1.97. The van der Waals surface area contributed by atoms with Crippen LogP contribution in [0.2, 0.25) is 0 Å². The number of alkyl halides is 3. The zero-order valence-corrected chi connectivity index (χ0v) is 6.68. The monoisotopic (exact) mass is 192 g/mol. The second kappa shape index (κ2) is 2.75. The van der Waals surface area contributed by atoms with Crippen LogP contribution in [0.15, 0.2) is 0 Å². The Balaban J connectivity index is 3.29. The van der Waals surface area contributed by atoms with Crippen LogP contribution in [0.5, 0.6) is 0 Å². The molecule has 0 aliphatic heterocycles. The van der Waals surface area contributed by atoms with Crippen LogP contribution in [0, 0.1) is 6.92 Å². The third-order valence-corrected chi connectivity index (χ3v) is 1.47. The number of nitrogens with two attached hydrogens (primary N) is 2. The van der Waals surface area contributed by atoms with Gasteiger partial charge in [0.05, 0.1) is 0 Å². The summed E-state index contributed by atoms with van der Waals surface area (Å²) < 4.78 is 36.1. The molecule has 4 nitrogen and oxygen atoms in total. The molecule has 0 spiro atoms. The molecule has 1 aromatic heterocycles. The zero-order chi connectivity index (χ0) is 10.2. The Bertz CT molecular complexity index is 310. The number of aromatic nitrogens is 2. The van der Waals surface area contributed by atoms with Crippen LogP contribution in [0.1, 0.15) is 11.4 Å². The van der Waals surface area contributed by atoms with Crippen LogP contribution >= 0.6 is 0 Å². The smallest absolute Gasteiger partial charge is 0.383 e. The van der Waals surface area contributed by atoms with Gasteiger partial charge in [0.25, 0.3) is 0 Å². The summed E-state index contributed by atoms with van der Waals surface area (Å²) >= 11 is 0. The lowest BCUT2D eigenvalue weighted by Crippen LogP contribution is -2.15. The molecular weight excluding hydrogens is 185 g/mol. The van der Waals surface area contributed by atoms with Gasteiger partial charge in [0.2, 0.25) is 5.82 Å². The van der Waals surface area contributed by atoms with E-state index >= 15 is 0 Å². The molecule has 0 aliphatic rings. The minimum absolute atomic E-state index is 0.250. The summed E-state index contributed by atoms with van der Waals surface area (Å²) in [4.78, 5) is 6.13. The Labute approximate surface area is 71.8 Å². The van der Waals surface area contributed by atoms with Gasteiger partial charge in [-0.1, -0.05) is 0 Å². The van der Waals surface area contributed by atoms with E-state index in [1.54, 1.807) is 0 Å². The minimum Gasteiger partial charge on any atom is -0.383 e. The number of hydrogen-bond donors (Lipinski definition) is 2. The van der Waals surface area contributed by atoms with E-state index in [2.05, 4.69) is 9.97 Å². The molecule has 72 valence electrons. The van der Waals surface area contributed by atoms with Crippen molar-refractivity contribution in [3.05, 3.63) is 11.4 Å². The molecule has 0 amide bonds. The van der Waals surface area contributed by atoms with Crippen molar-refractivity contribution >= 4 is 11.6 Å². The number of halogens is 3. The number of nitrogens with zero attached hydrogens (tertiary/aromatic N) is 2. The average molecular weight is 192 g/mol. The molecule has 1 heterocycles. The van der Waals surface area contributed by atoms with Crippen LogP contribution < -0.4 is 11.5 Å². The van der Waals surface area contributed by atoms with Gasteiger partial charge < -0.3 is 11.5 Å². The molecule has 13 heavy (non-hydrogen) atoms. The maximum Gasteiger partial charge on any atom is 0.451 e. The van der Waals surface area contributed by atoms with Crippen molar-refractivity contribution in [1.82, 2.24) is 9.97 Å². The zero-order valence-electron chi connectivity index (χ0n) is 6.68. The summed E-state index contributed by atoms with van der Waals surface area (Å²) in [6, 6.07) is 0. The van der Waals surface area contributed by atoms with Crippen molar-refractivity contribution in [2.24, 2.45) is 0 Å². The van der Waals surface area contributed by atoms with E-state index in [9.17, 15) is 13.2 Å². The maximum absolute atomic E-state index is 12.0. The normalized spacial score (nSPS) is 11.7. The van der Waals surface area contributed by atoms with Crippen LogP contribution in [-0.2, 0) is 6.18 Å². The third-order valence-electron chi connectivity index (χ3n) is 1.47. The van der Waals surface area contributed by atoms with Crippen molar-refractivity contribution in [1.29, 1.82) is 0 Å². The topological polar surface area (TPSA) is 77.8 Å². The van der Waals surface area contributed by atoms with E-state index in [1.165, 1.54) is 6.92 Å². The minimum atomic E-state index is -4.62. The summed E-state index contributed by atoms with van der Waals surface area (Å²) in [5.41, 5.74) is 10.6. The number of hydrogen-bond acceptors (Lipinski definition) is 4. The number of nitrogen functional groups attached to an aromatic ring is 2. The Morgan fingerprint density at radius 1 is 1.08 bits per heavy atom. The van der Waals surface area contributed by atoms with E-state index in [0.717, 1.165) is 0 Å². The highest BCUT2D eigenvalue weighted by Crippen LogP contribution is 2.28. The summed E-state index contributed by atoms with van der Waals surface area (Å²) in [6.45, 7) is 1.45. The summed E-state index contributed by atoms with van der Waals surface area (Å²) in [7, 11) is 0. The van der Waals surface area contributed by atoms with Gasteiger partial charge in [-0.2, -0.15) is 13.2 Å². The molecule has 7 heteroatoms. The molecule has 0 bridgehead atoms. The molecule has 0 saturated carbocycles. The highest BCUT2D eigenvalue weighted by Gasteiger charge is 2.35. The SMILES string of the molecule is Cc1c(N)nc(C(F)(F)F)nc1N. The van der Waals surface area contributed by atoms with Crippen LogP contribution in [-0.4, -0.2) is 9.97 Å². The Kier molecular flexibility index (Phi) is 2.02. The Morgan fingerprint density at radius 2 is 1.46 bits per heavy atom. The van der Waals surface area contributed by atoms with Crippen molar-refractivity contribution in [3.63, 3.8) is 0 Å². The predicted octanol–water partition coefficient (Wildman–Crippen LogP) is 0.968. The standard InChI is InChI=1S/C6H7F3N4/c1-2-3(10)12-5(6(7,8)9)13-4(2)11/h1H3,(H4,10,11,12,13). The van der Waals surface area contributed by atoms with Crippen molar-refractivity contribution in [2.45, 2.75) is 13.1 Å². The highest BCUT2D eigenvalue weighted by molar-refractivity contribution is 5.51. The first-order valence-electron chi connectivity index (χ1n) is 3.29. The molecule has 1 rings (SSSR count). The van der Waals surface area contributed by atoms with E-state index < -0.39 is 12.0 Å². The largest absolute Gasteiger partial charge is 0.451 e. The van der Waals surface area contributed by atoms with Gasteiger partial charge in [-0.25, -0.2) is 9.97 Å². The lowest BCUT2D eigenvalue weighted by atomic mass is 10.3. The molecule has 0 fully saturated rings. The molecule has 0 aromatic carbocycles. The first kappa shape index (κ1) is 9.56. The molecule has 0 radical (unpaired) electrons. The highest BCUT2D eigenvalue weighted by atomic mass is 19.4. The first-order chi connectivity index (χ1) is 5.82. The Hall–Kier alpha value is -1.53. The number of anilines is 2. The lowest BCUT2D eigenvalue weighted by molar-refractivity contribution is -0.144. The molecule has 0 aliphatic carbocycles. The summed E-state index contributed by atoms with van der Waals surface area (Å²) in [5.74, 6) is -1.81. The van der Waals surface area contributed by atoms with Gasteiger partial charge in [0.15, 0.2) is 0 Å². The van der Waals surface area contributed by atoms with Crippen molar-refractivity contribution in [2.75, 3.05) is 11.5 Å². The lowest BCUT2D eigenvalue weighted by Gasteiger charge is -2.08. The third kappa shape index (κ3) is 1.79. The molecule has 0 atom stereocenters. The fourth-order valence-electron chi connectivity index (χ4n) is 0.679. The van der Waals surface area contributed by atoms with E-state index in [-0.39, 0.29) is 17.2 Å². The van der Waals surface area contributed by atoms with Crippen LogP contribution in [0.4, 0.5) is 24.8 Å². The predicted molar refractivity (Wildman–Crippen MR) is 40.6 cm³/mol. The van der Waals surface area contributed by atoms with E-state index in [0.29, 0.717) is 0 Å². The molecule has 0 unspecified atom stereocenters. The fourth-order valence-corrected chi connectivity index (χ4v) is 0.679. The fraction of sp³-hybridized carbons (Fsp3) is 0.333. The van der Waals surface area contributed by atoms with Gasteiger partial charge in [-0.05, 0) is 6.92 Å². The number of rotatable bonds is 0. The summed E-state index contributed by atoms with van der Waals surface area (Å²) in [6.07, 6.45) is -4.62. The van der Waals surface area contributed by atoms with Crippen molar-refractivity contribution < 1.29 is 13.2 Å². The molecule has 4 N–H and O–H groups in total. The summed E-state index contributed by atoms with van der Waals surface area (Å²) in [5, 5.41) is 0. The van der Waals surface area contributed by atoms with Gasteiger partial charge in [-0.15, -0.1) is 0 Å². The van der Waals surface area contributed by atoms with Gasteiger partial charge in [0.1, 0.15) is 11.6 Å². The van der Waals surface area contributed by atoms with Crippen LogP contribution in [0.25, 0.3) is 0 Å². The molecule has 1 aromatic rings. The molecular formula is C6H7F3N4. The first-order valence-corrected chi connectivity index (χ1v) is 3.29. The van der Waals surface area contributed by atoms with Crippen molar-refractivity contribution in [3.8, 4) is 0 Å². The second-order valence-electron chi connectivity index (χ2n) is 2.44. The maximum atomic E-state index is 12.0. The van der Waals surface area contributed by atoms with Gasteiger partial charge in [0, 0.05) is 5.56 Å². The van der Waals surface area contributed by atoms with E-state index in [1.807, 2.05) is 0 Å². The quantitative estimate of drug-likeness (QED) is 0.641. The van der Waals surface area contributed by atoms with Gasteiger partial charge in [-0.3, -0.25) is 0 Å². The second-order valence-corrected chi connectivity index (χ2v) is 2.44. The van der Waals surface area contributed by atoms with Gasteiger partial charge >= 0.3 is 6.18 Å². The van der Waals surface area contributed by atoms with Crippen LogP contribution in [0.3, 0.4) is 0 Å².